The van der Waals surface area contributed by atoms with Crippen LogP contribution in [-0.4, -0.2) is 38.7 Å². The molecule has 1 rings (SSSR count). The number of benzene rings is 1. The first-order valence-electron chi connectivity index (χ1n) is 7.49. The monoisotopic (exact) mass is 264 g/mol. The maximum atomic E-state index is 2.42. The molecule has 0 amide bonds. The van der Waals surface area contributed by atoms with Gasteiger partial charge in [0, 0.05) is 12.0 Å². The third-order valence-electron chi connectivity index (χ3n) is 3.97. The van der Waals surface area contributed by atoms with Gasteiger partial charge in [-0.15, -0.1) is 0 Å². The van der Waals surface area contributed by atoms with Crippen LogP contribution in [0.25, 0.3) is 0 Å². The highest BCUT2D eigenvalue weighted by Crippen LogP contribution is 2.30. The SMILES string of the molecule is CCC(C)(C)c1ccccc1[NH2+]CCC[N+](C)(C)C. The van der Waals surface area contributed by atoms with E-state index in [2.05, 4.69) is 71.5 Å². The van der Waals surface area contributed by atoms with Gasteiger partial charge >= 0.3 is 0 Å². The molecule has 2 N–H and O–H groups in total. The van der Waals surface area contributed by atoms with E-state index in [1.165, 1.54) is 37.2 Å². The molecule has 0 aliphatic carbocycles. The van der Waals surface area contributed by atoms with Gasteiger partial charge in [0.25, 0.3) is 0 Å². The molecule has 0 aliphatic heterocycles. The summed E-state index contributed by atoms with van der Waals surface area (Å²) in [6, 6.07) is 8.87. The molecule has 2 nitrogen and oxygen atoms in total. The molecule has 19 heavy (non-hydrogen) atoms. The number of quaternary nitrogens is 2. The zero-order valence-electron chi connectivity index (χ0n) is 13.7. The molecule has 0 heterocycles. The van der Waals surface area contributed by atoms with Crippen molar-refractivity contribution in [2.75, 3.05) is 34.2 Å². The first-order chi connectivity index (χ1) is 8.76. The normalized spacial score (nSPS) is 12.7. The predicted octanol–water partition coefficient (Wildman–Crippen LogP) is 2.67. The summed E-state index contributed by atoms with van der Waals surface area (Å²) in [5, 5.41) is 2.42. The van der Waals surface area contributed by atoms with Gasteiger partial charge in [-0.05, 0) is 17.9 Å². The van der Waals surface area contributed by atoms with Crippen molar-refractivity contribution in [3.63, 3.8) is 0 Å². The van der Waals surface area contributed by atoms with Gasteiger partial charge in [0.15, 0.2) is 0 Å². The zero-order valence-corrected chi connectivity index (χ0v) is 13.7. The van der Waals surface area contributed by atoms with E-state index < -0.39 is 0 Å². The van der Waals surface area contributed by atoms with Gasteiger partial charge in [-0.2, -0.15) is 0 Å². The lowest BCUT2D eigenvalue weighted by Gasteiger charge is -2.25. The average molecular weight is 264 g/mol. The number of rotatable bonds is 7. The van der Waals surface area contributed by atoms with Gasteiger partial charge in [0.05, 0.1) is 34.2 Å². The second-order valence-corrected chi connectivity index (χ2v) is 7.18. The molecule has 0 fully saturated rings. The number of nitrogens with two attached hydrogens (primary N) is 1. The van der Waals surface area contributed by atoms with Crippen LogP contribution < -0.4 is 5.32 Å². The maximum absolute atomic E-state index is 2.42. The van der Waals surface area contributed by atoms with Crippen LogP contribution in [0.15, 0.2) is 24.3 Å². The van der Waals surface area contributed by atoms with Crippen LogP contribution >= 0.6 is 0 Å². The van der Waals surface area contributed by atoms with Crippen molar-refractivity contribution in [1.82, 2.24) is 0 Å². The van der Waals surface area contributed by atoms with E-state index in [9.17, 15) is 0 Å². The molecular weight excluding hydrogens is 232 g/mol. The molecule has 0 saturated heterocycles. The van der Waals surface area contributed by atoms with E-state index in [0.717, 1.165) is 4.48 Å². The van der Waals surface area contributed by atoms with E-state index in [1.54, 1.807) is 0 Å². The van der Waals surface area contributed by atoms with Crippen LogP contribution in [0, 0.1) is 0 Å². The molecule has 0 saturated carbocycles. The zero-order chi connectivity index (χ0) is 14.5. The summed E-state index contributed by atoms with van der Waals surface area (Å²) in [5.41, 5.74) is 3.19. The third kappa shape index (κ3) is 5.33. The van der Waals surface area contributed by atoms with Crippen molar-refractivity contribution in [1.29, 1.82) is 0 Å². The van der Waals surface area contributed by atoms with Crippen LogP contribution in [0.2, 0.25) is 0 Å². The standard InChI is InChI=1S/C17H31N2/c1-7-17(2,3)15-11-8-9-12-16(15)18-13-10-14-19(4,5)6/h8-9,11-12,18H,7,10,13-14H2,1-6H3/q+1/p+1. The Kier molecular flexibility index (Phi) is 5.57. The minimum atomic E-state index is 0.271. The summed E-state index contributed by atoms with van der Waals surface area (Å²) in [5.74, 6) is 0. The topological polar surface area (TPSA) is 16.6 Å². The lowest BCUT2D eigenvalue weighted by Crippen LogP contribution is -2.79. The first kappa shape index (κ1) is 16.2. The van der Waals surface area contributed by atoms with E-state index in [4.69, 9.17) is 0 Å². The van der Waals surface area contributed by atoms with Crippen LogP contribution in [0.4, 0.5) is 5.69 Å². The summed E-state index contributed by atoms with van der Waals surface area (Å²) in [6.07, 6.45) is 2.43. The summed E-state index contributed by atoms with van der Waals surface area (Å²) in [7, 11) is 6.77. The summed E-state index contributed by atoms with van der Waals surface area (Å²) >= 11 is 0. The fourth-order valence-electron chi connectivity index (χ4n) is 2.30. The molecule has 0 spiro atoms. The van der Waals surface area contributed by atoms with E-state index in [1.807, 2.05) is 0 Å². The maximum Gasteiger partial charge on any atom is 0.133 e. The largest absolute Gasteiger partial charge is 0.331 e. The number of para-hydroxylation sites is 1. The summed E-state index contributed by atoms with van der Waals surface area (Å²) in [4.78, 5) is 0. The molecule has 1 aromatic rings. The van der Waals surface area contributed by atoms with Gasteiger partial charge in [0.2, 0.25) is 0 Å². The second-order valence-electron chi connectivity index (χ2n) is 7.18. The molecular formula is C17H32N2+2. The Bertz CT molecular complexity index is 388. The van der Waals surface area contributed by atoms with Crippen LogP contribution in [0.1, 0.15) is 39.2 Å². The third-order valence-corrected chi connectivity index (χ3v) is 3.97. The summed E-state index contributed by atoms with van der Waals surface area (Å²) in [6.45, 7) is 9.35. The quantitative estimate of drug-likeness (QED) is 0.443. The van der Waals surface area contributed by atoms with E-state index >= 15 is 0 Å². The van der Waals surface area contributed by atoms with Gasteiger partial charge < -0.3 is 9.80 Å². The molecule has 0 bridgehead atoms. The lowest BCUT2D eigenvalue weighted by atomic mass is 9.81. The fraction of sp³-hybridized carbons (Fsp3) is 0.647. The van der Waals surface area contributed by atoms with E-state index in [-0.39, 0.29) is 5.41 Å². The first-order valence-corrected chi connectivity index (χ1v) is 7.49. The van der Waals surface area contributed by atoms with Crippen molar-refractivity contribution in [3.8, 4) is 0 Å². The highest BCUT2D eigenvalue weighted by molar-refractivity contribution is 5.43. The number of hydrogen-bond acceptors (Lipinski definition) is 0. The smallest absolute Gasteiger partial charge is 0.133 e. The molecule has 2 heteroatoms. The lowest BCUT2D eigenvalue weighted by molar-refractivity contribution is -0.871. The van der Waals surface area contributed by atoms with Crippen molar-refractivity contribution < 1.29 is 9.80 Å². The Balaban J connectivity index is 2.64. The minimum absolute atomic E-state index is 0.271. The van der Waals surface area contributed by atoms with Gasteiger partial charge in [0.1, 0.15) is 5.69 Å². The Hall–Kier alpha value is -0.860. The highest BCUT2D eigenvalue weighted by Gasteiger charge is 2.23. The molecule has 0 atom stereocenters. The molecule has 0 aromatic heterocycles. The second kappa shape index (κ2) is 6.53. The fourth-order valence-corrected chi connectivity index (χ4v) is 2.30. The Morgan fingerprint density at radius 3 is 2.32 bits per heavy atom. The van der Waals surface area contributed by atoms with E-state index in [0.29, 0.717) is 0 Å². The Morgan fingerprint density at radius 2 is 1.74 bits per heavy atom. The minimum Gasteiger partial charge on any atom is -0.331 e. The van der Waals surface area contributed by atoms with Crippen LogP contribution in [0.3, 0.4) is 0 Å². The van der Waals surface area contributed by atoms with Crippen LogP contribution in [-0.2, 0) is 5.41 Å². The van der Waals surface area contributed by atoms with Crippen molar-refractivity contribution >= 4 is 5.69 Å². The predicted molar refractivity (Wildman–Crippen MR) is 83.7 cm³/mol. The van der Waals surface area contributed by atoms with Crippen molar-refractivity contribution in [3.05, 3.63) is 29.8 Å². The number of hydrogen-bond donors (Lipinski definition) is 1. The molecule has 1 aromatic carbocycles. The van der Waals surface area contributed by atoms with Gasteiger partial charge in [-0.3, -0.25) is 0 Å². The summed E-state index contributed by atoms with van der Waals surface area (Å²) < 4.78 is 1.05. The average Bonchev–Trinajstić information content (AvgIpc) is 2.34. The number of nitrogens with zero attached hydrogens (tertiary/aromatic N) is 1. The van der Waals surface area contributed by atoms with Gasteiger partial charge in [-0.1, -0.05) is 39.0 Å². The van der Waals surface area contributed by atoms with Gasteiger partial charge in [-0.25, -0.2) is 0 Å². The molecule has 0 aliphatic rings. The molecule has 108 valence electrons. The van der Waals surface area contributed by atoms with Crippen molar-refractivity contribution in [2.45, 2.75) is 39.0 Å². The van der Waals surface area contributed by atoms with Crippen molar-refractivity contribution in [2.24, 2.45) is 0 Å². The van der Waals surface area contributed by atoms with Crippen LogP contribution in [0.5, 0.6) is 0 Å². The molecule has 0 unspecified atom stereocenters. The Labute approximate surface area is 119 Å². The molecule has 0 radical (unpaired) electrons. The Morgan fingerprint density at radius 1 is 1.11 bits per heavy atom. The highest BCUT2D eigenvalue weighted by atomic mass is 15.3.